The Morgan fingerprint density at radius 2 is 1.55 bits per heavy atom. The van der Waals surface area contributed by atoms with Gasteiger partial charge in [-0.25, -0.2) is 0 Å². The molecule has 3 rings (SSSR count). The fraction of sp³-hybridized carbons (Fsp3) is 0.143. The fourth-order valence-electron chi connectivity index (χ4n) is 2.08. The highest BCUT2D eigenvalue weighted by Gasteiger charge is 2.32. The summed E-state index contributed by atoms with van der Waals surface area (Å²) in [5.74, 6) is 1.19. The quantitative estimate of drug-likeness (QED) is 0.811. The zero-order chi connectivity index (χ0) is 14.3. The number of fused-ring (bicyclic) bond motifs is 1. The van der Waals surface area contributed by atoms with Crippen LogP contribution in [0.25, 0.3) is 11.1 Å². The predicted octanol–water partition coefficient (Wildman–Crippen LogP) is 3.68. The molecule has 20 heavy (non-hydrogen) atoms. The largest absolute Gasteiger partial charge is 0.454 e. The molecule has 0 spiro atoms. The van der Waals surface area contributed by atoms with Crippen molar-refractivity contribution in [2.45, 2.75) is 6.18 Å². The highest BCUT2D eigenvalue weighted by molar-refractivity contribution is 5.71. The molecule has 1 heterocycles. The van der Waals surface area contributed by atoms with Gasteiger partial charge in [0.05, 0.1) is 5.56 Å². The van der Waals surface area contributed by atoms with Crippen molar-refractivity contribution in [3.05, 3.63) is 42.0 Å². The molecule has 3 nitrogen and oxygen atoms in total. The van der Waals surface area contributed by atoms with Crippen LogP contribution in [-0.2, 0) is 6.18 Å². The van der Waals surface area contributed by atoms with Gasteiger partial charge in [-0.3, -0.25) is 0 Å². The van der Waals surface area contributed by atoms with Crippen LogP contribution in [0.3, 0.4) is 0 Å². The summed E-state index contributed by atoms with van der Waals surface area (Å²) in [4.78, 5) is 0. The van der Waals surface area contributed by atoms with Gasteiger partial charge in [0.1, 0.15) is 0 Å². The molecule has 2 aromatic rings. The van der Waals surface area contributed by atoms with Crippen molar-refractivity contribution in [1.29, 1.82) is 0 Å². The summed E-state index contributed by atoms with van der Waals surface area (Å²) in [6.07, 6.45) is -4.45. The molecule has 0 aromatic heterocycles. The third kappa shape index (κ3) is 2.13. The summed E-state index contributed by atoms with van der Waals surface area (Å²) in [6.45, 7) is 0.147. The van der Waals surface area contributed by atoms with E-state index in [9.17, 15) is 13.2 Å². The van der Waals surface area contributed by atoms with Crippen molar-refractivity contribution in [2.75, 3.05) is 12.5 Å². The molecule has 0 fully saturated rings. The van der Waals surface area contributed by atoms with Crippen LogP contribution < -0.4 is 15.2 Å². The normalized spacial score (nSPS) is 13.6. The van der Waals surface area contributed by atoms with Crippen LogP contribution in [0.15, 0.2) is 36.4 Å². The highest BCUT2D eigenvalue weighted by atomic mass is 19.4. The lowest BCUT2D eigenvalue weighted by molar-refractivity contribution is -0.136. The Morgan fingerprint density at radius 3 is 2.25 bits per heavy atom. The molecule has 1 aliphatic heterocycles. The Kier molecular flexibility index (Phi) is 2.74. The fourth-order valence-corrected chi connectivity index (χ4v) is 2.08. The Balaban J connectivity index is 2.01. The second kappa shape index (κ2) is 4.33. The smallest absolute Gasteiger partial charge is 0.418 e. The molecule has 0 atom stereocenters. The van der Waals surface area contributed by atoms with Crippen LogP contribution in [0.2, 0.25) is 0 Å². The van der Waals surface area contributed by atoms with E-state index in [-0.39, 0.29) is 12.5 Å². The molecule has 0 aliphatic carbocycles. The van der Waals surface area contributed by atoms with Crippen LogP contribution >= 0.6 is 0 Å². The molecule has 0 saturated heterocycles. The number of benzene rings is 2. The van der Waals surface area contributed by atoms with E-state index in [1.54, 1.807) is 18.2 Å². The minimum absolute atomic E-state index is 0.147. The van der Waals surface area contributed by atoms with Gasteiger partial charge in [-0.2, -0.15) is 13.2 Å². The van der Waals surface area contributed by atoms with Gasteiger partial charge in [0.15, 0.2) is 11.5 Å². The second-order valence-corrected chi connectivity index (χ2v) is 4.37. The third-order valence-electron chi connectivity index (χ3n) is 3.06. The molecule has 104 valence electrons. The van der Waals surface area contributed by atoms with Gasteiger partial charge in [0.25, 0.3) is 0 Å². The van der Waals surface area contributed by atoms with Crippen molar-refractivity contribution in [1.82, 2.24) is 0 Å². The molecule has 0 bridgehead atoms. The predicted molar refractivity (Wildman–Crippen MR) is 67.4 cm³/mol. The number of hydrogen-bond donors (Lipinski definition) is 1. The number of nitrogens with two attached hydrogens (primary N) is 1. The van der Waals surface area contributed by atoms with Crippen molar-refractivity contribution in [3.63, 3.8) is 0 Å². The average Bonchev–Trinajstić information content (AvgIpc) is 2.84. The van der Waals surface area contributed by atoms with Crippen LogP contribution in [0.1, 0.15) is 5.56 Å². The van der Waals surface area contributed by atoms with Gasteiger partial charge in [-0.05, 0) is 35.4 Å². The lowest BCUT2D eigenvalue weighted by Gasteiger charge is -2.11. The number of hydrogen-bond acceptors (Lipinski definition) is 3. The lowest BCUT2D eigenvalue weighted by Crippen LogP contribution is -2.08. The van der Waals surface area contributed by atoms with E-state index < -0.39 is 11.7 Å². The summed E-state index contributed by atoms with van der Waals surface area (Å²) in [5, 5.41) is 0. The molecular formula is C14H10F3NO2. The molecule has 2 N–H and O–H groups in total. The van der Waals surface area contributed by atoms with Gasteiger partial charge >= 0.3 is 6.18 Å². The molecular weight excluding hydrogens is 271 g/mol. The van der Waals surface area contributed by atoms with Gasteiger partial charge in [-0.1, -0.05) is 12.1 Å². The van der Waals surface area contributed by atoms with E-state index in [1.165, 1.54) is 12.1 Å². The van der Waals surface area contributed by atoms with Gasteiger partial charge in [0.2, 0.25) is 6.79 Å². The number of ether oxygens (including phenoxy) is 2. The first-order valence-electron chi connectivity index (χ1n) is 5.82. The number of anilines is 1. The van der Waals surface area contributed by atoms with Crippen molar-refractivity contribution in [2.24, 2.45) is 0 Å². The zero-order valence-electron chi connectivity index (χ0n) is 10.2. The van der Waals surface area contributed by atoms with Gasteiger partial charge < -0.3 is 15.2 Å². The van der Waals surface area contributed by atoms with Crippen molar-refractivity contribution < 1.29 is 22.6 Å². The van der Waals surface area contributed by atoms with E-state index in [2.05, 4.69) is 0 Å². The minimum atomic E-state index is -4.45. The van der Waals surface area contributed by atoms with Crippen LogP contribution in [-0.4, -0.2) is 6.79 Å². The monoisotopic (exact) mass is 281 g/mol. The SMILES string of the molecule is Nc1cc(-c2ccc3c(c2)OCO3)ccc1C(F)(F)F. The van der Waals surface area contributed by atoms with E-state index in [0.717, 1.165) is 11.6 Å². The Labute approximate surface area is 112 Å². The summed E-state index contributed by atoms with van der Waals surface area (Å²) in [7, 11) is 0. The molecule has 0 unspecified atom stereocenters. The van der Waals surface area contributed by atoms with Crippen molar-refractivity contribution >= 4 is 5.69 Å². The highest BCUT2D eigenvalue weighted by Crippen LogP contribution is 2.38. The summed E-state index contributed by atoms with van der Waals surface area (Å²) >= 11 is 0. The topological polar surface area (TPSA) is 44.5 Å². The molecule has 2 aromatic carbocycles. The molecule has 6 heteroatoms. The van der Waals surface area contributed by atoms with Crippen LogP contribution in [0.5, 0.6) is 11.5 Å². The number of rotatable bonds is 1. The average molecular weight is 281 g/mol. The van der Waals surface area contributed by atoms with E-state index in [1.807, 2.05) is 0 Å². The number of halogens is 3. The standard InChI is InChI=1S/C14H10F3NO2/c15-14(16,17)10-3-1-8(5-11(10)18)9-2-4-12-13(6-9)20-7-19-12/h1-6H,7,18H2. The number of nitrogen functional groups attached to an aromatic ring is 1. The van der Waals surface area contributed by atoms with Crippen LogP contribution in [0.4, 0.5) is 18.9 Å². The maximum Gasteiger partial charge on any atom is 0.418 e. The summed E-state index contributed by atoms with van der Waals surface area (Å²) < 4.78 is 48.4. The molecule has 0 radical (unpaired) electrons. The summed E-state index contributed by atoms with van der Waals surface area (Å²) in [5.41, 5.74) is 5.66. The Bertz CT molecular complexity index is 668. The third-order valence-corrected chi connectivity index (χ3v) is 3.06. The summed E-state index contributed by atoms with van der Waals surface area (Å²) in [6, 6.07) is 8.85. The Hall–Kier alpha value is -2.37. The minimum Gasteiger partial charge on any atom is -0.454 e. The maximum atomic E-state index is 12.6. The van der Waals surface area contributed by atoms with Crippen LogP contribution in [0, 0.1) is 0 Å². The van der Waals surface area contributed by atoms with E-state index in [0.29, 0.717) is 17.1 Å². The molecule has 0 amide bonds. The van der Waals surface area contributed by atoms with Crippen molar-refractivity contribution in [3.8, 4) is 22.6 Å². The lowest BCUT2D eigenvalue weighted by atomic mass is 10.0. The maximum absolute atomic E-state index is 12.6. The first-order valence-corrected chi connectivity index (χ1v) is 5.82. The first kappa shape index (κ1) is 12.7. The Morgan fingerprint density at radius 1 is 0.900 bits per heavy atom. The number of alkyl halides is 3. The van der Waals surface area contributed by atoms with Gasteiger partial charge in [-0.15, -0.1) is 0 Å². The van der Waals surface area contributed by atoms with Gasteiger partial charge in [0, 0.05) is 5.69 Å². The van der Waals surface area contributed by atoms with E-state index in [4.69, 9.17) is 15.2 Å². The first-order chi connectivity index (χ1) is 9.45. The molecule has 0 saturated carbocycles. The zero-order valence-corrected chi connectivity index (χ0v) is 10.2. The van der Waals surface area contributed by atoms with E-state index >= 15 is 0 Å². The molecule has 1 aliphatic rings. The second-order valence-electron chi connectivity index (χ2n) is 4.37.